The third kappa shape index (κ3) is 6.20. The number of likely N-dealkylation sites (N-methyl/N-ethyl adjacent to an activating group) is 1. The molecule has 6 heterocycles. The first kappa shape index (κ1) is 30.2. The van der Waals surface area contributed by atoms with Gasteiger partial charge in [-0.15, -0.1) is 0 Å². The van der Waals surface area contributed by atoms with E-state index in [2.05, 4.69) is 24.3 Å². The van der Waals surface area contributed by atoms with Crippen molar-refractivity contribution in [2.45, 2.75) is 13.1 Å². The summed E-state index contributed by atoms with van der Waals surface area (Å²) in [6.45, 7) is 8.66. The number of aromatic nitrogens is 6. The Kier molecular flexibility index (Phi) is 9.20. The number of fused-ring (bicyclic) bond motifs is 2. The molecule has 44 heavy (non-hydrogen) atoms. The molecule has 16 nitrogen and oxygen atoms in total. The largest absolute Gasteiger partial charge is 0.383 e. The van der Waals surface area contributed by atoms with E-state index in [1.54, 1.807) is 26.2 Å². The number of amides is 1. The number of nitrogens with zero attached hydrogens (tertiary/aromatic N) is 12. The van der Waals surface area contributed by atoms with Crippen LogP contribution in [0.3, 0.4) is 0 Å². The van der Waals surface area contributed by atoms with Crippen LogP contribution in [0.1, 0.15) is 5.69 Å². The zero-order valence-electron chi connectivity index (χ0n) is 26.1. The third-order valence-corrected chi connectivity index (χ3v) is 8.49. The molecule has 0 unspecified atom stereocenters. The van der Waals surface area contributed by atoms with E-state index in [1.807, 2.05) is 29.5 Å². The van der Waals surface area contributed by atoms with Crippen molar-refractivity contribution in [1.29, 1.82) is 0 Å². The van der Waals surface area contributed by atoms with E-state index in [4.69, 9.17) is 34.2 Å². The molecule has 16 heteroatoms. The molecule has 1 amide bonds. The van der Waals surface area contributed by atoms with Gasteiger partial charge in [-0.1, -0.05) is 0 Å². The van der Waals surface area contributed by atoms with Gasteiger partial charge in [-0.3, -0.25) is 4.79 Å². The number of ether oxygens (including phenoxy) is 2. The SMILES string of the molecule is COCCN(CCOC)c1nc(N2CCN(C)C(=O)C2)c2nc(N3CCn4cncc4C3)nc(N3CCN(OC)CC3)c2n1. The number of hydroxylamine groups is 2. The van der Waals surface area contributed by atoms with Crippen LogP contribution < -0.4 is 19.6 Å². The van der Waals surface area contributed by atoms with E-state index in [0.717, 1.165) is 37.7 Å². The lowest BCUT2D eigenvalue weighted by Crippen LogP contribution is -2.49. The monoisotopic (exact) mass is 610 g/mol. The van der Waals surface area contributed by atoms with E-state index < -0.39 is 0 Å². The number of methoxy groups -OCH3 is 2. The molecule has 6 rings (SSSR count). The van der Waals surface area contributed by atoms with Crippen LogP contribution >= 0.6 is 0 Å². The molecule has 3 aliphatic heterocycles. The third-order valence-electron chi connectivity index (χ3n) is 8.49. The van der Waals surface area contributed by atoms with E-state index in [0.29, 0.717) is 87.8 Å². The molecule has 0 spiro atoms. The molecule has 0 bridgehead atoms. The second-order valence-electron chi connectivity index (χ2n) is 11.2. The van der Waals surface area contributed by atoms with Gasteiger partial charge in [-0.2, -0.15) is 15.0 Å². The number of hydrogen-bond donors (Lipinski definition) is 0. The first-order valence-electron chi connectivity index (χ1n) is 15.1. The average Bonchev–Trinajstić information content (AvgIpc) is 3.53. The van der Waals surface area contributed by atoms with E-state index in [9.17, 15) is 4.79 Å². The summed E-state index contributed by atoms with van der Waals surface area (Å²) >= 11 is 0. The van der Waals surface area contributed by atoms with Gasteiger partial charge >= 0.3 is 0 Å². The molecular weight excluding hydrogens is 568 g/mol. The molecule has 2 fully saturated rings. The summed E-state index contributed by atoms with van der Waals surface area (Å²) in [5, 5.41) is 1.95. The lowest BCUT2D eigenvalue weighted by Gasteiger charge is -2.36. The molecule has 0 radical (unpaired) electrons. The maximum Gasteiger partial charge on any atom is 0.241 e. The highest BCUT2D eigenvalue weighted by molar-refractivity contribution is 5.96. The summed E-state index contributed by atoms with van der Waals surface area (Å²) in [5.41, 5.74) is 2.41. The Labute approximate surface area is 257 Å². The van der Waals surface area contributed by atoms with Crippen molar-refractivity contribution < 1.29 is 19.1 Å². The normalized spacial score (nSPS) is 18.0. The predicted octanol–water partition coefficient (Wildman–Crippen LogP) is -0.302. The topological polar surface area (TPSA) is 134 Å². The van der Waals surface area contributed by atoms with Crippen LogP contribution in [0.2, 0.25) is 0 Å². The van der Waals surface area contributed by atoms with Crippen LogP contribution in [0, 0.1) is 0 Å². The molecule has 3 aromatic heterocycles. The number of carbonyl (C=O) groups is 1. The first-order valence-corrected chi connectivity index (χ1v) is 15.1. The van der Waals surface area contributed by atoms with Crippen LogP contribution in [0.15, 0.2) is 12.5 Å². The minimum absolute atomic E-state index is 0.0367. The molecule has 2 saturated heterocycles. The Morgan fingerprint density at radius 2 is 1.45 bits per heavy atom. The van der Waals surface area contributed by atoms with Crippen molar-refractivity contribution in [3.63, 3.8) is 0 Å². The Hall–Kier alpha value is -3.86. The number of anilines is 4. The van der Waals surface area contributed by atoms with Gasteiger partial charge < -0.3 is 43.4 Å². The lowest BCUT2D eigenvalue weighted by molar-refractivity contribution is -0.133. The highest BCUT2D eigenvalue weighted by atomic mass is 16.7. The van der Waals surface area contributed by atoms with Crippen molar-refractivity contribution in [1.82, 2.24) is 39.5 Å². The summed E-state index contributed by atoms with van der Waals surface area (Å²) < 4.78 is 13.0. The lowest BCUT2D eigenvalue weighted by atomic mass is 10.2. The fourth-order valence-corrected chi connectivity index (χ4v) is 5.78. The second kappa shape index (κ2) is 13.4. The zero-order chi connectivity index (χ0) is 30.6. The summed E-state index contributed by atoms with van der Waals surface area (Å²) in [4.78, 5) is 53.6. The van der Waals surface area contributed by atoms with E-state index >= 15 is 0 Å². The number of rotatable bonds is 11. The second-order valence-corrected chi connectivity index (χ2v) is 11.2. The molecule has 0 aromatic carbocycles. The highest BCUT2D eigenvalue weighted by Crippen LogP contribution is 2.34. The molecule has 0 atom stereocenters. The summed E-state index contributed by atoms with van der Waals surface area (Å²) in [5.74, 6) is 2.57. The Balaban J connectivity index is 1.51. The van der Waals surface area contributed by atoms with Crippen LogP contribution in [-0.4, -0.2) is 152 Å². The molecular formula is C28H42N12O4. The number of carbonyl (C=O) groups excluding carboxylic acids is 1. The van der Waals surface area contributed by atoms with Crippen molar-refractivity contribution >= 4 is 40.5 Å². The zero-order valence-corrected chi connectivity index (χ0v) is 26.1. The van der Waals surface area contributed by atoms with Crippen molar-refractivity contribution in [2.24, 2.45) is 0 Å². The fraction of sp³-hybridized carbons (Fsp3) is 0.643. The Morgan fingerprint density at radius 1 is 0.773 bits per heavy atom. The van der Waals surface area contributed by atoms with Crippen molar-refractivity contribution in [3.8, 4) is 0 Å². The van der Waals surface area contributed by atoms with Gasteiger partial charge in [0.05, 0.1) is 45.4 Å². The van der Waals surface area contributed by atoms with Crippen LogP contribution in [0.4, 0.5) is 23.5 Å². The Bertz CT molecular complexity index is 1440. The molecule has 0 saturated carbocycles. The minimum atomic E-state index is 0.0367. The van der Waals surface area contributed by atoms with Gasteiger partial charge in [0.1, 0.15) is 11.0 Å². The molecule has 238 valence electrons. The van der Waals surface area contributed by atoms with Gasteiger partial charge in [0, 0.05) is 92.9 Å². The predicted molar refractivity (Wildman–Crippen MR) is 165 cm³/mol. The highest BCUT2D eigenvalue weighted by Gasteiger charge is 2.31. The first-order chi connectivity index (χ1) is 21.5. The van der Waals surface area contributed by atoms with Gasteiger partial charge in [0.15, 0.2) is 11.6 Å². The van der Waals surface area contributed by atoms with Gasteiger partial charge in [0.25, 0.3) is 0 Å². The maximum atomic E-state index is 12.9. The standard InChI is InChI=1S/C28H42N12O4/c1-34-5-6-37(19-22(34)41)26-24-23(30-27(33-26)36(13-15-42-2)14-16-43-3)25(35-9-11-40(44-4)12-10-35)32-28(31-24)38-7-8-39-20-29-17-21(39)18-38/h17,20H,5-16,18-19H2,1-4H3. The maximum absolute atomic E-state index is 12.9. The van der Waals surface area contributed by atoms with Crippen molar-refractivity contribution in [3.05, 3.63) is 18.2 Å². The summed E-state index contributed by atoms with van der Waals surface area (Å²) in [6.07, 6.45) is 3.76. The quantitative estimate of drug-likeness (QED) is 0.281. The number of hydrogen-bond acceptors (Lipinski definition) is 14. The van der Waals surface area contributed by atoms with E-state index in [-0.39, 0.29) is 12.5 Å². The van der Waals surface area contributed by atoms with Gasteiger partial charge in [-0.05, 0) is 0 Å². The van der Waals surface area contributed by atoms with Crippen molar-refractivity contribution in [2.75, 3.05) is 127 Å². The summed E-state index contributed by atoms with van der Waals surface area (Å²) in [6, 6.07) is 0. The van der Waals surface area contributed by atoms with Crippen LogP contribution in [0.5, 0.6) is 0 Å². The number of piperazine rings is 2. The minimum Gasteiger partial charge on any atom is -0.383 e. The van der Waals surface area contributed by atoms with Crippen LogP contribution in [-0.2, 0) is 32.2 Å². The number of imidazole rings is 1. The van der Waals surface area contributed by atoms with E-state index in [1.165, 1.54) is 0 Å². The van der Waals surface area contributed by atoms with Crippen LogP contribution in [0.25, 0.3) is 11.0 Å². The summed E-state index contributed by atoms with van der Waals surface area (Å²) in [7, 11) is 6.89. The van der Waals surface area contributed by atoms with Gasteiger partial charge in [0.2, 0.25) is 17.8 Å². The smallest absolute Gasteiger partial charge is 0.241 e. The fourth-order valence-electron chi connectivity index (χ4n) is 5.78. The average molecular weight is 611 g/mol. The molecule has 0 aliphatic carbocycles. The van der Waals surface area contributed by atoms with Gasteiger partial charge in [-0.25, -0.2) is 15.0 Å². The molecule has 3 aromatic rings. The Morgan fingerprint density at radius 3 is 2.16 bits per heavy atom. The molecule has 0 N–H and O–H groups in total. The molecule has 3 aliphatic rings.